The summed E-state index contributed by atoms with van der Waals surface area (Å²) in [6.45, 7) is 0.516. The van der Waals surface area contributed by atoms with E-state index in [-0.39, 0.29) is 29.1 Å². The van der Waals surface area contributed by atoms with Crippen LogP contribution in [0.5, 0.6) is 0 Å². The van der Waals surface area contributed by atoms with Crippen molar-refractivity contribution in [2.24, 2.45) is 5.41 Å². The van der Waals surface area contributed by atoms with Crippen LogP contribution in [0.4, 0.5) is 4.79 Å². The minimum Gasteiger partial charge on any atom is -0.448 e. The van der Waals surface area contributed by atoms with Crippen LogP contribution in [0.15, 0.2) is 72.8 Å². The average Bonchev–Trinajstić information content (AvgIpc) is 3.38. The Bertz CT molecular complexity index is 1450. The molecule has 2 aliphatic carbocycles. The number of likely N-dealkylation sites (tertiary alicyclic amines) is 1. The van der Waals surface area contributed by atoms with E-state index in [9.17, 15) is 19.2 Å². The average molecular weight is 509 g/mol. The van der Waals surface area contributed by atoms with Crippen molar-refractivity contribution >= 4 is 23.9 Å². The molecule has 1 saturated carbocycles. The van der Waals surface area contributed by atoms with Gasteiger partial charge in [-0.3, -0.25) is 14.5 Å². The maximum atomic E-state index is 13.3. The van der Waals surface area contributed by atoms with Gasteiger partial charge in [-0.15, -0.1) is 0 Å². The molecule has 1 spiro atoms. The number of carbonyl (C=O) groups is 4. The number of amides is 3. The van der Waals surface area contributed by atoms with E-state index in [1.54, 1.807) is 12.1 Å². The van der Waals surface area contributed by atoms with Crippen LogP contribution in [0.2, 0.25) is 0 Å². The van der Waals surface area contributed by atoms with Crippen LogP contribution >= 0.6 is 0 Å². The normalized spacial score (nSPS) is 20.4. The number of ether oxygens (including phenoxy) is 1. The van der Waals surface area contributed by atoms with Gasteiger partial charge < -0.3 is 9.57 Å². The zero-order valence-electron chi connectivity index (χ0n) is 20.5. The molecule has 0 N–H and O–H groups in total. The lowest BCUT2D eigenvalue weighted by molar-refractivity contribution is -0.173. The highest BCUT2D eigenvalue weighted by molar-refractivity contribution is 6.21. The second kappa shape index (κ2) is 8.28. The molecule has 8 nitrogen and oxygen atoms in total. The van der Waals surface area contributed by atoms with Gasteiger partial charge in [-0.05, 0) is 59.1 Å². The predicted octanol–water partition coefficient (Wildman–Crippen LogP) is 4.54. The lowest BCUT2D eigenvalue weighted by atomic mass is 9.98. The summed E-state index contributed by atoms with van der Waals surface area (Å²) in [6, 6.07) is 21.5. The fraction of sp³-hybridized carbons (Fsp3) is 0.267. The van der Waals surface area contributed by atoms with Gasteiger partial charge in [0.2, 0.25) is 0 Å². The van der Waals surface area contributed by atoms with Crippen molar-refractivity contribution in [3.05, 3.63) is 95.1 Å². The van der Waals surface area contributed by atoms with Gasteiger partial charge in [0.25, 0.3) is 11.8 Å². The largest absolute Gasteiger partial charge is 0.448 e. The van der Waals surface area contributed by atoms with Gasteiger partial charge in [-0.25, -0.2) is 9.59 Å². The predicted molar refractivity (Wildman–Crippen MR) is 135 cm³/mol. The Kier molecular flexibility index (Phi) is 4.95. The number of benzene rings is 3. The highest BCUT2D eigenvalue weighted by atomic mass is 16.7. The number of hydrogen-bond donors (Lipinski definition) is 0. The van der Waals surface area contributed by atoms with Crippen molar-refractivity contribution in [3.63, 3.8) is 0 Å². The van der Waals surface area contributed by atoms with E-state index in [0.29, 0.717) is 18.0 Å². The van der Waals surface area contributed by atoms with E-state index in [2.05, 4.69) is 12.1 Å². The Balaban J connectivity index is 1.08. The molecule has 1 atom stereocenters. The van der Waals surface area contributed by atoms with Gasteiger partial charge in [-0.2, -0.15) is 0 Å². The molecular weight excluding hydrogens is 484 g/mol. The van der Waals surface area contributed by atoms with E-state index in [1.807, 2.05) is 36.4 Å². The number of carbonyl (C=O) groups excluding carboxylic acids is 4. The first kappa shape index (κ1) is 22.7. The summed E-state index contributed by atoms with van der Waals surface area (Å²) in [4.78, 5) is 58.7. The molecule has 3 aromatic carbocycles. The molecule has 0 aromatic heterocycles. The molecule has 2 fully saturated rings. The Morgan fingerprint density at radius 3 is 1.87 bits per heavy atom. The third kappa shape index (κ3) is 3.44. The smallest absolute Gasteiger partial charge is 0.410 e. The third-order valence-corrected chi connectivity index (χ3v) is 8.25. The van der Waals surface area contributed by atoms with Gasteiger partial charge in [0.05, 0.1) is 11.1 Å². The Hall–Kier alpha value is -4.46. The molecule has 2 heterocycles. The maximum absolute atomic E-state index is 13.3. The third-order valence-electron chi connectivity index (χ3n) is 8.25. The molecule has 0 unspecified atom stereocenters. The Morgan fingerprint density at radius 1 is 0.789 bits per heavy atom. The maximum Gasteiger partial charge on any atom is 0.410 e. The number of hydrogen-bond acceptors (Lipinski definition) is 6. The molecule has 0 radical (unpaired) electrons. The van der Waals surface area contributed by atoms with Gasteiger partial charge in [0.15, 0.2) is 0 Å². The SMILES string of the molecule is O=C(ON1C(=O)c2ccccc2C1=O)[C@@H]1CC2(CC2)CN1C(=O)OCC1c2ccccc2-c2ccccc21. The van der Waals surface area contributed by atoms with Crippen LogP contribution in [-0.4, -0.2) is 53.0 Å². The lowest BCUT2D eigenvalue weighted by Crippen LogP contribution is -2.45. The first-order chi connectivity index (χ1) is 18.5. The Labute approximate surface area is 218 Å². The second-order valence-corrected chi connectivity index (χ2v) is 10.5. The summed E-state index contributed by atoms with van der Waals surface area (Å²) in [6.07, 6.45) is 1.62. The van der Waals surface area contributed by atoms with E-state index >= 15 is 0 Å². The van der Waals surface area contributed by atoms with E-state index in [1.165, 1.54) is 17.0 Å². The summed E-state index contributed by atoms with van der Waals surface area (Å²) in [7, 11) is 0. The highest BCUT2D eigenvalue weighted by Gasteiger charge is 2.57. The fourth-order valence-corrected chi connectivity index (χ4v) is 6.08. The van der Waals surface area contributed by atoms with Gasteiger partial charge in [0.1, 0.15) is 12.6 Å². The van der Waals surface area contributed by atoms with Crippen LogP contribution in [0, 0.1) is 5.41 Å². The van der Waals surface area contributed by atoms with Crippen LogP contribution in [0.3, 0.4) is 0 Å². The fourth-order valence-electron chi connectivity index (χ4n) is 6.08. The van der Waals surface area contributed by atoms with Crippen molar-refractivity contribution < 1.29 is 28.8 Å². The molecule has 4 aliphatic rings. The summed E-state index contributed by atoms with van der Waals surface area (Å²) >= 11 is 0. The van der Waals surface area contributed by atoms with Crippen LogP contribution in [0.25, 0.3) is 11.1 Å². The van der Waals surface area contributed by atoms with Crippen LogP contribution in [-0.2, 0) is 14.4 Å². The molecule has 7 rings (SSSR count). The molecule has 3 amide bonds. The van der Waals surface area contributed by atoms with Crippen LogP contribution in [0.1, 0.15) is 57.0 Å². The summed E-state index contributed by atoms with van der Waals surface area (Å²) in [5.41, 5.74) is 4.69. The van der Waals surface area contributed by atoms with Gasteiger partial charge >= 0.3 is 12.1 Å². The van der Waals surface area contributed by atoms with Crippen molar-refractivity contribution in [3.8, 4) is 11.1 Å². The number of fused-ring (bicyclic) bond motifs is 4. The molecule has 0 bridgehead atoms. The monoisotopic (exact) mass is 508 g/mol. The van der Waals surface area contributed by atoms with Crippen molar-refractivity contribution in [1.29, 1.82) is 0 Å². The molecule has 2 aliphatic heterocycles. The van der Waals surface area contributed by atoms with E-state index in [4.69, 9.17) is 9.57 Å². The molecule has 8 heteroatoms. The van der Waals surface area contributed by atoms with Crippen molar-refractivity contribution in [1.82, 2.24) is 9.96 Å². The number of hydroxylamine groups is 2. The summed E-state index contributed by atoms with van der Waals surface area (Å²) in [5.74, 6) is -2.29. The standard InChI is InChI=1S/C30H24N2O6/c33-26-22-11-5-6-12-23(22)27(34)32(26)38-28(35)25-15-30(13-14-30)17-31(25)29(36)37-16-24-20-9-3-1-7-18(20)19-8-2-4-10-21(19)24/h1-12,24-25H,13-17H2/t25-/m0/s1. The molecule has 190 valence electrons. The van der Waals surface area contributed by atoms with Crippen LogP contribution < -0.4 is 0 Å². The van der Waals surface area contributed by atoms with E-state index < -0.39 is 29.9 Å². The van der Waals surface area contributed by atoms with Crippen molar-refractivity contribution in [2.75, 3.05) is 13.2 Å². The first-order valence-corrected chi connectivity index (χ1v) is 12.8. The zero-order chi connectivity index (χ0) is 26.0. The molecular formula is C30H24N2O6. The Morgan fingerprint density at radius 2 is 1.32 bits per heavy atom. The summed E-state index contributed by atoms with van der Waals surface area (Å²) < 4.78 is 5.82. The molecule has 38 heavy (non-hydrogen) atoms. The highest BCUT2D eigenvalue weighted by Crippen LogP contribution is 2.55. The quantitative estimate of drug-likeness (QED) is 0.481. The minimum atomic E-state index is -0.933. The summed E-state index contributed by atoms with van der Waals surface area (Å²) in [5, 5.41) is 0.501. The minimum absolute atomic E-state index is 0.104. The van der Waals surface area contributed by atoms with Crippen molar-refractivity contribution in [2.45, 2.75) is 31.2 Å². The lowest BCUT2D eigenvalue weighted by Gasteiger charge is -2.24. The second-order valence-electron chi connectivity index (χ2n) is 10.5. The van der Waals surface area contributed by atoms with Gasteiger partial charge in [0, 0.05) is 12.5 Å². The first-order valence-electron chi connectivity index (χ1n) is 12.8. The van der Waals surface area contributed by atoms with Gasteiger partial charge in [-0.1, -0.05) is 65.7 Å². The molecule has 3 aromatic rings. The number of rotatable bonds is 4. The number of imide groups is 1. The van der Waals surface area contributed by atoms with E-state index in [0.717, 1.165) is 35.1 Å². The molecule has 1 saturated heterocycles. The number of nitrogens with zero attached hydrogens (tertiary/aromatic N) is 2. The topological polar surface area (TPSA) is 93.2 Å². The zero-order valence-corrected chi connectivity index (χ0v) is 20.5.